The van der Waals surface area contributed by atoms with Crippen LogP contribution < -0.4 is 5.73 Å². The molecule has 0 aromatic rings. The Morgan fingerprint density at radius 1 is 1.60 bits per heavy atom. The summed E-state index contributed by atoms with van der Waals surface area (Å²) in [6, 6.07) is 0.296. The molecule has 1 aliphatic rings. The van der Waals surface area contributed by atoms with Crippen LogP contribution in [-0.4, -0.2) is 42.1 Å². The van der Waals surface area contributed by atoms with Gasteiger partial charge in [-0.05, 0) is 27.2 Å². The lowest BCUT2D eigenvalue weighted by Gasteiger charge is -2.37. The van der Waals surface area contributed by atoms with Crippen LogP contribution in [0.5, 0.6) is 0 Å². The topological polar surface area (TPSA) is 55.6 Å². The number of morpholine rings is 1. The van der Waals surface area contributed by atoms with Gasteiger partial charge in [-0.2, -0.15) is 0 Å². The van der Waals surface area contributed by atoms with E-state index in [2.05, 4.69) is 0 Å². The highest BCUT2D eigenvalue weighted by atomic mass is 16.5. The fourth-order valence-electron chi connectivity index (χ4n) is 1.75. The van der Waals surface area contributed by atoms with E-state index in [4.69, 9.17) is 10.5 Å². The van der Waals surface area contributed by atoms with E-state index in [9.17, 15) is 4.79 Å². The first-order valence-electron chi connectivity index (χ1n) is 5.67. The SMILES string of the molecule is CC(N)CCC(=O)N1CC(C)OCC1C. The van der Waals surface area contributed by atoms with E-state index in [1.54, 1.807) is 0 Å². The van der Waals surface area contributed by atoms with Crippen LogP contribution >= 0.6 is 0 Å². The highest BCUT2D eigenvalue weighted by molar-refractivity contribution is 5.76. The molecule has 88 valence electrons. The summed E-state index contributed by atoms with van der Waals surface area (Å²) in [6.07, 6.45) is 1.46. The first-order valence-corrected chi connectivity index (χ1v) is 5.67. The first kappa shape index (κ1) is 12.5. The van der Waals surface area contributed by atoms with Gasteiger partial charge in [-0.25, -0.2) is 0 Å². The van der Waals surface area contributed by atoms with Crippen molar-refractivity contribution in [3.8, 4) is 0 Å². The van der Waals surface area contributed by atoms with Gasteiger partial charge in [0.25, 0.3) is 0 Å². The molecule has 1 amide bonds. The number of nitrogens with zero attached hydrogens (tertiary/aromatic N) is 1. The van der Waals surface area contributed by atoms with E-state index in [1.165, 1.54) is 0 Å². The van der Waals surface area contributed by atoms with Crippen molar-refractivity contribution in [3.63, 3.8) is 0 Å². The number of ether oxygens (including phenoxy) is 1. The maximum Gasteiger partial charge on any atom is 0.223 e. The molecule has 0 saturated carbocycles. The lowest BCUT2D eigenvalue weighted by Crippen LogP contribution is -2.50. The minimum Gasteiger partial charge on any atom is -0.375 e. The van der Waals surface area contributed by atoms with Crippen molar-refractivity contribution in [3.05, 3.63) is 0 Å². The number of amides is 1. The summed E-state index contributed by atoms with van der Waals surface area (Å²) >= 11 is 0. The van der Waals surface area contributed by atoms with Crippen molar-refractivity contribution >= 4 is 5.91 Å². The smallest absolute Gasteiger partial charge is 0.223 e. The van der Waals surface area contributed by atoms with E-state index in [0.717, 1.165) is 6.42 Å². The normalized spacial score (nSPS) is 28.9. The van der Waals surface area contributed by atoms with Crippen LogP contribution in [0.4, 0.5) is 0 Å². The molecule has 15 heavy (non-hydrogen) atoms. The van der Waals surface area contributed by atoms with Gasteiger partial charge in [0, 0.05) is 19.0 Å². The van der Waals surface area contributed by atoms with E-state index in [-0.39, 0.29) is 24.1 Å². The van der Waals surface area contributed by atoms with Gasteiger partial charge < -0.3 is 15.4 Å². The third kappa shape index (κ3) is 3.80. The van der Waals surface area contributed by atoms with Crippen LogP contribution in [0.15, 0.2) is 0 Å². The van der Waals surface area contributed by atoms with Gasteiger partial charge in [0.2, 0.25) is 5.91 Å². The van der Waals surface area contributed by atoms with Gasteiger partial charge in [-0.15, -0.1) is 0 Å². The first-order chi connectivity index (χ1) is 7.00. The van der Waals surface area contributed by atoms with E-state index in [0.29, 0.717) is 19.6 Å². The zero-order valence-corrected chi connectivity index (χ0v) is 9.90. The maximum atomic E-state index is 11.9. The predicted octanol–water partition coefficient (Wildman–Crippen LogP) is 0.750. The second kappa shape index (κ2) is 5.47. The van der Waals surface area contributed by atoms with Crippen molar-refractivity contribution in [1.82, 2.24) is 4.90 Å². The third-order valence-corrected chi connectivity index (χ3v) is 2.74. The Morgan fingerprint density at radius 2 is 2.27 bits per heavy atom. The molecule has 1 fully saturated rings. The summed E-state index contributed by atoms with van der Waals surface area (Å²) in [6.45, 7) is 7.30. The number of carbonyl (C=O) groups is 1. The Morgan fingerprint density at radius 3 is 2.87 bits per heavy atom. The monoisotopic (exact) mass is 214 g/mol. The Kier molecular flexibility index (Phi) is 4.54. The van der Waals surface area contributed by atoms with Gasteiger partial charge in [0.05, 0.1) is 18.8 Å². The fourth-order valence-corrected chi connectivity index (χ4v) is 1.75. The molecular weight excluding hydrogens is 192 g/mol. The standard InChI is InChI=1S/C11H22N2O2/c1-8(12)4-5-11(14)13-6-10(3)15-7-9(13)2/h8-10H,4-7,12H2,1-3H3. The molecule has 0 aromatic heterocycles. The van der Waals surface area contributed by atoms with E-state index < -0.39 is 0 Å². The number of hydrogen-bond donors (Lipinski definition) is 1. The summed E-state index contributed by atoms with van der Waals surface area (Å²) in [4.78, 5) is 13.8. The van der Waals surface area contributed by atoms with Crippen molar-refractivity contribution < 1.29 is 9.53 Å². The van der Waals surface area contributed by atoms with Crippen LogP contribution in [0.1, 0.15) is 33.6 Å². The fraction of sp³-hybridized carbons (Fsp3) is 0.909. The summed E-state index contributed by atoms with van der Waals surface area (Å²) < 4.78 is 5.48. The van der Waals surface area contributed by atoms with Crippen molar-refractivity contribution in [2.45, 2.75) is 51.8 Å². The van der Waals surface area contributed by atoms with E-state index in [1.807, 2.05) is 25.7 Å². The van der Waals surface area contributed by atoms with E-state index >= 15 is 0 Å². The summed E-state index contributed by atoms with van der Waals surface area (Å²) in [5, 5.41) is 0. The molecule has 4 heteroatoms. The molecule has 0 radical (unpaired) electrons. The quantitative estimate of drug-likeness (QED) is 0.754. The molecule has 1 saturated heterocycles. The van der Waals surface area contributed by atoms with Gasteiger partial charge in [-0.3, -0.25) is 4.79 Å². The van der Waals surface area contributed by atoms with Crippen molar-refractivity contribution in [2.24, 2.45) is 5.73 Å². The van der Waals surface area contributed by atoms with Gasteiger partial charge in [-0.1, -0.05) is 0 Å². The minimum absolute atomic E-state index is 0.0997. The zero-order valence-electron chi connectivity index (χ0n) is 9.90. The predicted molar refractivity (Wildman–Crippen MR) is 59.5 cm³/mol. The molecule has 1 aliphatic heterocycles. The highest BCUT2D eigenvalue weighted by Gasteiger charge is 2.26. The van der Waals surface area contributed by atoms with Crippen LogP contribution in [0.2, 0.25) is 0 Å². The second-order valence-corrected chi connectivity index (χ2v) is 4.56. The van der Waals surface area contributed by atoms with Gasteiger partial charge in [0.1, 0.15) is 0 Å². The minimum atomic E-state index is 0.0997. The van der Waals surface area contributed by atoms with Crippen LogP contribution in [0.3, 0.4) is 0 Å². The molecule has 3 atom stereocenters. The molecule has 4 nitrogen and oxygen atoms in total. The Labute approximate surface area is 91.8 Å². The molecule has 0 aliphatic carbocycles. The van der Waals surface area contributed by atoms with Crippen LogP contribution in [0.25, 0.3) is 0 Å². The maximum absolute atomic E-state index is 11.9. The molecule has 1 rings (SSSR count). The largest absolute Gasteiger partial charge is 0.375 e. The van der Waals surface area contributed by atoms with Gasteiger partial charge in [0.15, 0.2) is 0 Å². The number of rotatable bonds is 3. The summed E-state index contributed by atoms with van der Waals surface area (Å²) in [5.41, 5.74) is 5.64. The Balaban J connectivity index is 2.42. The molecular formula is C11H22N2O2. The number of carbonyl (C=O) groups excluding carboxylic acids is 1. The molecule has 0 aromatic carbocycles. The van der Waals surface area contributed by atoms with Gasteiger partial charge >= 0.3 is 0 Å². The lowest BCUT2D eigenvalue weighted by molar-refractivity contribution is -0.143. The van der Waals surface area contributed by atoms with Crippen LogP contribution in [-0.2, 0) is 9.53 Å². The molecule has 1 heterocycles. The van der Waals surface area contributed by atoms with Crippen molar-refractivity contribution in [2.75, 3.05) is 13.2 Å². The Bertz CT molecular complexity index is 219. The summed E-state index contributed by atoms with van der Waals surface area (Å²) in [5.74, 6) is 0.204. The van der Waals surface area contributed by atoms with Crippen LogP contribution in [0, 0.1) is 0 Å². The zero-order chi connectivity index (χ0) is 11.4. The molecule has 3 unspecified atom stereocenters. The molecule has 2 N–H and O–H groups in total. The van der Waals surface area contributed by atoms with Crippen molar-refractivity contribution in [1.29, 1.82) is 0 Å². The molecule has 0 spiro atoms. The number of nitrogens with two attached hydrogens (primary N) is 1. The average Bonchev–Trinajstić information content (AvgIpc) is 2.18. The molecule has 0 bridgehead atoms. The third-order valence-electron chi connectivity index (χ3n) is 2.74. The average molecular weight is 214 g/mol. The highest BCUT2D eigenvalue weighted by Crippen LogP contribution is 2.13. The summed E-state index contributed by atoms with van der Waals surface area (Å²) in [7, 11) is 0. The number of hydrogen-bond acceptors (Lipinski definition) is 3. The lowest BCUT2D eigenvalue weighted by atomic mass is 10.1. The Hall–Kier alpha value is -0.610. The second-order valence-electron chi connectivity index (χ2n) is 4.56.